The van der Waals surface area contributed by atoms with E-state index in [1.807, 2.05) is 7.05 Å². The Morgan fingerprint density at radius 2 is 2.04 bits per heavy atom. The second kappa shape index (κ2) is 10.5. The molecule has 2 saturated heterocycles. The van der Waals surface area contributed by atoms with Gasteiger partial charge in [0.2, 0.25) is 0 Å². The van der Waals surface area contributed by atoms with Crippen LogP contribution < -0.4 is 5.32 Å². The Bertz CT molecular complexity index is 765. The first-order chi connectivity index (χ1) is 13.3. The van der Waals surface area contributed by atoms with Gasteiger partial charge in [-0.15, -0.1) is 24.0 Å². The number of guanidine groups is 1. The van der Waals surface area contributed by atoms with Crippen LogP contribution in [0.4, 0.5) is 0 Å². The molecule has 1 atom stereocenters. The van der Waals surface area contributed by atoms with E-state index in [1.165, 1.54) is 55.4 Å². The van der Waals surface area contributed by atoms with Crippen molar-refractivity contribution >= 4 is 40.8 Å². The topological polar surface area (TPSA) is 46.7 Å². The first kappa shape index (κ1) is 21.4. The van der Waals surface area contributed by atoms with Crippen molar-refractivity contribution in [2.24, 2.45) is 10.9 Å². The van der Waals surface area contributed by atoms with Gasteiger partial charge in [0.25, 0.3) is 0 Å². The van der Waals surface area contributed by atoms with Gasteiger partial charge in [-0.1, -0.05) is 18.2 Å². The smallest absolute Gasteiger partial charge is 0.193 e. The summed E-state index contributed by atoms with van der Waals surface area (Å²) in [6.45, 7) is 7.14. The van der Waals surface area contributed by atoms with Crippen molar-refractivity contribution in [2.45, 2.75) is 32.1 Å². The van der Waals surface area contributed by atoms with Crippen LogP contribution in [0.1, 0.15) is 31.2 Å². The molecular weight excluding hydrogens is 461 g/mol. The van der Waals surface area contributed by atoms with Gasteiger partial charge in [-0.3, -0.25) is 4.99 Å². The van der Waals surface area contributed by atoms with E-state index in [0.717, 1.165) is 44.4 Å². The minimum Gasteiger partial charge on any atom is -0.361 e. The van der Waals surface area contributed by atoms with Gasteiger partial charge < -0.3 is 20.1 Å². The highest BCUT2D eigenvalue weighted by atomic mass is 127. The molecular formula is C22H34IN5. The SMILES string of the molecule is CN=C(NCCCc1c[nH]c2ccccc12)N1CCC(CN2CCCC2)C1.I. The summed E-state index contributed by atoms with van der Waals surface area (Å²) in [5, 5.41) is 4.94. The van der Waals surface area contributed by atoms with Gasteiger partial charge in [-0.25, -0.2) is 0 Å². The average Bonchev–Trinajstić information content (AvgIpc) is 3.44. The summed E-state index contributed by atoms with van der Waals surface area (Å²) >= 11 is 0. The van der Waals surface area contributed by atoms with E-state index in [1.54, 1.807) is 0 Å². The maximum absolute atomic E-state index is 4.53. The number of H-pyrrole nitrogens is 1. The predicted octanol–water partition coefficient (Wildman–Crippen LogP) is 3.71. The van der Waals surface area contributed by atoms with E-state index in [4.69, 9.17) is 0 Å². The van der Waals surface area contributed by atoms with Crippen LogP contribution >= 0.6 is 24.0 Å². The van der Waals surface area contributed by atoms with Gasteiger partial charge in [0.1, 0.15) is 0 Å². The zero-order valence-electron chi connectivity index (χ0n) is 17.0. The first-order valence-corrected chi connectivity index (χ1v) is 10.6. The summed E-state index contributed by atoms with van der Waals surface area (Å²) in [7, 11) is 1.91. The molecule has 5 nitrogen and oxygen atoms in total. The molecule has 0 bridgehead atoms. The minimum atomic E-state index is 0. The van der Waals surface area contributed by atoms with Crippen LogP contribution in [0.15, 0.2) is 35.5 Å². The molecule has 0 spiro atoms. The van der Waals surface area contributed by atoms with Crippen LogP contribution in [-0.2, 0) is 6.42 Å². The van der Waals surface area contributed by atoms with Crippen LogP contribution in [-0.4, -0.2) is 67.1 Å². The summed E-state index contributed by atoms with van der Waals surface area (Å²) in [6, 6.07) is 8.55. The maximum atomic E-state index is 4.53. The Hall–Kier alpha value is -1.28. The largest absolute Gasteiger partial charge is 0.361 e. The van der Waals surface area contributed by atoms with Crippen LogP contribution in [0.5, 0.6) is 0 Å². The Labute approximate surface area is 186 Å². The lowest BCUT2D eigenvalue weighted by atomic mass is 10.1. The summed E-state index contributed by atoms with van der Waals surface area (Å²) in [4.78, 5) is 13.0. The maximum Gasteiger partial charge on any atom is 0.193 e. The van der Waals surface area contributed by atoms with Gasteiger partial charge in [0, 0.05) is 50.3 Å². The molecule has 6 heteroatoms. The molecule has 2 aliphatic rings. The highest BCUT2D eigenvalue weighted by Crippen LogP contribution is 2.20. The van der Waals surface area contributed by atoms with E-state index in [9.17, 15) is 0 Å². The van der Waals surface area contributed by atoms with E-state index in [-0.39, 0.29) is 24.0 Å². The van der Waals surface area contributed by atoms with Crippen LogP contribution in [0.3, 0.4) is 0 Å². The molecule has 1 aromatic heterocycles. The molecule has 28 heavy (non-hydrogen) atoms. The Balaban J connectivity index is 0.00000225. The van der Waals surface area contributed by atoms with Crippen molar-refractivity contribution in [3.05, 3.63) is 36.0 Å². The van der Waals surface area contributed by atoms with E-state index >= 15 is 0 Å². The van der Waals surface area contributed by atoms with Gasteiger partial charge >= 0.3 is 0 Å². The number of hydrogen-bond donors (Lipinski definition) is 2. The third-order valence-corrected chi connectivity index (χ3v) is 6.09. The minimum absolute atomic E-state index is 0. The number of hydrogen-bond acceptors (Lipinski definition) is 2. The Morgan fingerprint density at radius 1 is 1.21 bits per heavy atom. The third kappa shape index (κ3) is 5.20. The zero-order valence-corrected chi connectivity index (χ0v) is 19.3. The number of likely N-dealkylation sites (tertiary alicyclic amines) is 2. The second-order valence-corrected chi connectivity index (χ2v) is 8.05. The molecule has 2 fully saturated rings. The molecule has 0 amide bonds. The van der Waals surface area contributed by atoms with Crippen LogP contribution in [0.25, 0.3) is 10.9 Å². The lowest BCUT2D eigenvalue weighted by Gasteiger charge is -2.23. The number of rotatable bonds is 6. The fourth-order valence-electron chi connectivity index (χ4n) is 4.65. The lowest BCUT2D eigenvalue weighted by Crippen LogP contribution is -2.41. The molecule has 2 aromatic rings. The fraction of sp³-hybridized carbons (Fsp3) is 0.591. The van der Waals surface area contributed by atoms with Crippen LogP contribution in [0, 0.1) is 5.92 Å². The van der Waals surface area contributed by atoms with Crippen molar-refractivity contribution in [2.75, 3.05) is 46.3 Å². The molecule has 2 N–H and O–H groups in total. The third-order valence-electron chi connectivity index (χ3n) is 6.09. The van der Waals surface area contributed by atoms with Crippen molar-refractivity contribution in [3.8, 4) is 0 Å². The molecule has 1 aromatic carbocycles. The van der Waals surface area contributed by atoms with Crippen molar-refractivity contribution in [1.82, 2.24) is 20.1 Å². The molecule has 2 aliphatic heterocycles. The number of benzene rings is 1. The number of halogens is 1. The van der Waals surface area contributed by atoms with E-state index < -0.39 is 0 Å². The number of nitrogens with one attached hydrogen (secondary N) is 2. The molecule has 154 valence electrons. The molecule has 0 aliphatic carbocycles. The normalized spacial score (nSPS) is 20.7. The number of aryl methyl sites for hydroxylation is 1. The molecule has 3 heterocycles. The monoisotopic (exact) mass is 495 g/mol. The highest BCUT2D eigenvalue weighted by molar-refractivity contribution is 14.0. The number of aliphatic imine (C=N–C) groups is 1. The van der Waals surface area contributed by atoms with Gasteiger partial charge in [-0.05, 0) is 62.7 Å². The number of fused-ring (bicyclic) bond motifs is 1. The first-order valence-electron chi connectivity index (χ1n) is 10.6. The molecule has 0 radical (unpaired) electrons. The van der Waals surface area contributed by atoms with Gasteiger partial charge in [0.15, 0.2) is 5.96 Å². The van der Waals surface area contributed by atoms with Crippen molar-refractivity contribution in [1.29, 1.82) is 0 Å². The number of aromatic nitrogens is 1. The molecule has 1 unspecified atom stereocenters. The lowest BCUT2D eigenvalue weighted by molar-refractivity contribution is 0.281. The number of aromatic amines is 1. The molecule has 0 saturated carbocycles. The number of nitrogens with zero attached hydrogens (tertiary/aromatic N) is 3. The number of para-hydroxylation sites is 1. The highest BCUT2D eigenvalue weighted by Gasteiger charge is 2.27. The van der Waals surface area contributed by atoms with Gasteiger partial charge in [0.05, 0.1) is 0 Å². The average molecular weight is 495 g/mol. The Kier molecular flexibility index (Phi) is 8.02. The summed E-state index contributed by atoms with van der Waals surface area (Å²) in [5.41, 5.74) is 2.65. The Morgan fingerprint density at radius 3 is 2.86 bits per heavy atom. The van der Waals surface area contributed by atoms with Crippen LogP contribution in [0.2, 0.25) is 0 Å². The summed E-state index contributed by atoms with van der Waals surface area (Å²) < 4.78 is 0. The van der Waals surface area contributed by atoms with E-state index in [2.05, 4.69) is 55.6 Å². The summed E-state index contributed by atoms with van der Waals surface area (Å²) in [6.07, 6.45) is 8.43. The van der Waals surface area contributed by atoms with Crippen molar-refractivity contribution in [3.63, 3.8) is 0 Å². The van der Waals surface area contributed by atoms with E-state index in [0.29, 0.717) is 0 Å². The molecule has 4 rings (SSSR count). The van der Waals surface area contributed by atoms with Gasteiger partial charge in [-0.2, -0.15) is 0 Å². The zero-order chi connectivity index (χ0) is 18.5. The second-order valence-electron chi connectivity index (χ2n) is 8.05. The predicted molar refractivity (Wildman–Crippen MR) is 129 cm³/mol. The summed E-state index contributed by atoms with van der Waals surface area (Å²) in [5.74, 6) is 1.88. The quantitative estimate of drug-likeness (QED) is 0.278. The standard InChI is InChI=1S/C22H33N5.HI/c1-23-22(27-14-10-18(17-27)16-26-12-4-5-13-26)24-11-6-7-19-15-25-21-9-3-2-8-20(19)21;/h2-3,8-9,15,18,25H,4-7,10-14,16-17H2,1H3,(H,23,24);1H. The van der Waals surface area contributed by atoms with Crippen molar-refractivity contribution < 1.29 is 0 Å². The fourth-order valence-corrected chi connectivity index (χ4v) is 4.65.